The number of aryl methyl sites for hydroxylation is 1. The molecule has 0 bridgehead atoms. The predicted octanol–water partition coefficient (Wildman–Crippen LogP) is 4.70. The van der Waals surface area contributed by atoms with Crippen molar-refractivity contribution in [3.8, 4) is 16.8 Å². The van der Waals surface area contributed by atoms with Crippen LogP contribution in [0.25, 0.3) is 28.0 Å². The SMILES string of the molecule is Cc1cccnc1CN1CC[C@H](n2c(=O)n(-c3ccc(-c4ccc(C(=O)O)cc4)cc3)c3cccnc32)C1. The lowest BCUT2D eigenvalue weighted by molar-refractivity contribution is 0.0697. The van der Waals surface area contributed by atoms with E-state index in [0.717, 1.165) is 54.1 Å². The van der Waals surface area contributed by atoms with E-state index in [4.69, 9.17) is 5.11 Å². The molecule has 0 spiro atoms. The van der Waals surface area contributed by atoms with Gasteiger partial charge < -0.3 is 5.11 Å². The van der Waals surface area contributed by atoms with Crippen molar-refractivity contribution >= 4 is 17.1 Å². The zero-order valence-electron chi connectivity index (χ0n) is 21.0. The summed E-state index contributed by atoms with van der Waals surface area (Å²) in [6, 6.07) is 22.3. The first-order chi connectivity index (χ1) is 18.5. The van der Waals surface area contributed by atoms with E-state index < -0.39 is 5.97 Å². The Morgan fingerprint density at radius 3 is 2.34 bits per heavy atom. The molecule has 190 valence electrons. The summed E-state index contributed by atoms with van der Waals surface area (Å²) in [5.74, 6) is -0.950. The molecule has 1 saturated heterocycles. The smallest absolute Gasteiger partial charge is 0.335 e. The van der Waals surface area contributed by atoms with Crippen LogP contribution in [0, 0.1) is 6.92 Å². The molecule has 0 unspecified atom stereocenters. The monoisotopic (exact) mass is 505 g/mol. The molecule has 1 atom stereocenters. The lowest BCUT2D eigenvalue weighted by Crippen LogP contribution is -2.29. The molecule has 4 heterocycles. The van der Waals surface area contributed by atoms with Gasteiger partial charge in [0.1, 0.15) is 0 Å². The zero-order chi connectivity index (χ0) is 26.2. The van der Waals surface area contributed by atoms with Crippen molar-refractivity contribution < 1.29 is 9.90 Å². The average molecular weight is 506 g/mol. The van der Waals surface area contributed by atoms with E-state index in [9.17, 15) is 9.59 Å². The molecule has 2 aromatic carbocycles. The quantitative estimate of drug-likeness (QED) is 0.360. The van der Waals surface area contributed by atoms with E-state index in [1.54, 1.807) is 35.0 Å². The first kappa shape index (κ1) is 23.8. The van der Waals surface area contributed by atoms with Gasteiger partial charge >= 0.3 is 11.7 Å². The van der Waals surface area contributed by atoms with Crippen LogP contribution < -0.4 is 5.69 Å². The van der Waals surface area contributed by atoms with Gasteiger partial charge in [0.15, 0.2) is 5.65 Å². The minimum Gasteiger partial charge on any atom is -0.478 e. The van der Waals surface area contributed by atoms with Crippen LogP contribution in [-0.4, -0.2) is 48.2 Å². The van der Waals surface area contributed by atoms with Crippen molar-refractivity contribution in [1.82, 2.24) is 24.0 Å². The van der Waals surface area contributed by atoms with Gasteiger partial charge in [0, 0.05) is 32.0 Å². The van der Waals surface area contributed by atoms with Crippen LogP contribution in [0.3, 0.4) is 0 Å². The van der Waals surface area contributed by atoms with Crippen molar-refractivity contribution in [2.75, 3.05) is 13.1 Å². The van der Waals surface area contributed by atoms with Crippen LogP contribution in [-0.2, 0) is 6.54 Å². The Balaban J connectivity index is 1.31. The Labute approximate surface area is 219 Å². The van der Waals surface area contributed by atoms with Crippen LogP contribution in [0.5, 0.6) is 0 Å². The molecular weight excluding hydrogens is 478 g/mol. The molecular formula is C30H27N5O3. The molecule has 1 aliphatic rings. The van der Waals surface area contributed by atoms with Gasteiger partial charge in [-0.2, -0.15) is 0 Å². The fourth-order valence-corrected chi connectivity index (χ4v) is 5.30. The predicted molar refractivity (Wildman–Crippen MR) is 146 cm³/mol. The Morgan fingerprint density at radius 1 is 0.947 bits per heavy atom. The topological polar surface area (TPSA) is 93.2 Å². The molecule has 0 radical (unpaired) electrons. The standard InChI is InChI=1S/C30H27N5O3/c1-20-4-2-15-31-26(20)19-33-17-14-25(18-33)35-28-27(5-3-16-32-28)34(30(35)38)24-12-10-22(11-13-24)21-6-8-23(9-7-21)29(36)37/h2-13,15-16,25H,14,17-19H2,1H3,(H,36,37)/t25-/m0/s1. The summed E-state index contributed by atoms with van der Waals surface area (Å²) >= 11 is 0. The molecule has 8 nitrogen and oxygen atoms in total. The Morgan fingerprint density at radius 2 is 1.63 bits per heavy atom. The van der Waals surface area contributed by atoms with Crippen molar-refractivity contribution in [2.45, 2.75) is 25.9 Å². The molecule has 8 heteroatoms. The number of carboxylic acids is 1. The maximum atomic E-state index is 13.9. The summed E-state index contributed by atoms with van der Waals surface area (Å²) in [7, 11) is 0. The highest BCUT2D eigenvalue weighted by Gasteiger charge is 2.29. The first-order valence-corrected chi connectivity index (χ1v) is 12.6. The molecule has 1 fully saturated rings. The number of aromatic nitrogens is 4. The van der Waals surface area contributed by atoms with Gasteiger partial charge in [0.2, 0.25) is 0 Å². The van der Waals surface area contributed by atoms with E-state index in [2.05, 4.69) is 27.9 Å². The highest BCUT2D eigenvalue weighted by molar-refractivity contribution is 5.88. The summed E-state index contributed by atoms with van der Waals surface area (Å²) in [5, 5.41) is 9.15. The van der Waals surface area contributed by atoms with Gasteiger partial charge in [-0.15, -0.1) is 0 Å². The van der Waals surface area contributed by atoms with Crippen molar-refractivity contribution in [2.24, 2.45) is 0 Å². The van der Waals surface area contributed by atoms with E-state index in [1.165, 1.54) is 5.56 Å². The van der Waals surface area contributed by atoms with Crippen LogP contribution in [0.15, 0.2) is 90.0 Å². The van der Waals surface area contributed by atoms with Gasteiger partial charge in [-0.25, -0.2) is 14.6 Å². The number of benzene rings is 2. The van der Waals surface area contributed by atoms with Crippen LogP contribution in [0.1, 0.15) is 34.1 Å². The van der Waals surface area contributed by atoms with Crippen molar-refractivity contribution in [1.29, 1.82) is 0 Å². The lowest BCUT2D eigenvalue weighted by Gasteiger charge is -2.17. The second-order valence-electron chi connectivity index (χ2n) is 9.71. The Hall–Kier alpha value is -4.56. The zero-order valence-corrected chi connectivity index (χ0v) is 21.0. The van der Waals surface area contributed by atoms with Gasteiger partial charge in [-0.3, -0.25) is 19.0 Å². The minimum absolute atomic E-state index is 0.0252. The number of fused-ring (bicyclic) bond motifs is 1. The highest BCUT2D eigenvalue weighted by atomic mass is 16.4. The maximum absolute atomic E-state index is 13.9. The molecule has 0 amide bonds. The third kappa shape index (κ3) is 4.29. The van der Waals surface area contributed by atoms with Crippen molar-refractivity contribution in [3.63, 3.8) is 0 Å². The fraction of sp³-hybridized carbons (Fsp3) is 0.200. The number of pyridine rings is 2. The van der Waals surface area contributed by atoms with Crippen molar-refractivity contribution in [3.05, 3.63) is 112 Å². The summed E-state index contributed by atoms with van der Waals surface area (Å²) in [5.41, 5.74) is 6.46. The Bertz CT molecular complexity index is 1690. The van der Waals surface area contributed by atoms with E-state index in [1.807, 2.05) is 53.2 Å². The summed E-state index contributed by atoms with van der Waals surface area (Å²) in [6.45, 7) is 4.49. The minimum atomic E-state index is -0.950. The number of carboxylic acid groups (broad SMARTS) is 1. The largest absolute Gasteiger partial charge is 0.478 e. The molecule has 0 aliphatic carbocycles. The highest BCUT2D eigenvalue weighted by Crippen LogP contribution is 2.28. The lowest BCUT2D eigenvalue weighted by atomic mass is 10.0. The number of nitrogens with zero attached hydrogens (tertiary/aromatic N) is 5. The molecule has 38 heavy (non-hydrogen) atoms. The van der Waals surface area contributed by atoms with Gasteiger partial charge in [-0.05, 0) is 72.5 Å². The number of hydrogen-bond acceptors (Lipinski definition) is 5. The molecule has 0 saturated carbocycles. The third-order valence-corrected chi connectivity index (χ3v) is 7.33. The van der Waals surface area contributed by atoms with Crippen LogP contribution in [0.4, 0.5) is 0 Å². The summed E-state index contributed by atoms with van der Waals surface area (Å²) < 4.78 is 3.57. The molecule has 1 aliphatic heterocycles. The number of rotatable bonds is 6. The maximum Gasteiger partial charge on any atom is 0.335 e. The van der Waals surface area contributed by atoms with Crippen LogP contribution >= 0.6 is 0 Å². The number of carbonyl (C=O) groups is 1. The van der Waals surface area contributed by atoms with E-state index >= 15 is 0 Å². The normalized spacial score (nSPS) is 15.8. The molecule has 5 aromatic rings. The van der Waals surface area contributed by atoms with E-state index in [-0.39, 0.29) is 17.3 Å². The number of likely N-dealkylation sites (tertiary alicyclic amines) is 1. The summed E-state index contributed by atoms with van der Waals surface area (Å²) in [6.07, 6.45) is 4.43. The second-order valence-corrected chi connectivity index (χ2v) is 9.71. The first-order valence-electron chi connectivity index (χ1n) is 12.6. The third-order valence-electron chi connectivity index (χ3n) is 7.33. The number of aromatic carboxylic acids is 1. The fourth-order valence-electron chi connectivity index (χ4n) is 5.30. The second kappa shape index (κ2) is 9.72. The van der Waals surface area contributed by atoms with Gasteiger partial charge in [-0.1, -0.05) is 30.3 Å². The molecule has 3 aromatic heterocycles. The van der Waals surface area contributed by atoms with E-state index in [0.29, 0.717) is 5.65 Å². The van der Waals surface area contributed by atoms with Crippen LogP contribution in [0.2, 0.25) is 0 Å². The Kier molecular flexibility index (Phi) is 6.09. The average Bonchev–Trinajstić information content (AvgIpc) is 3.51. The number of imidazole rings is 1. The molecule has 6 rings (SSSR count). The number of hydrogen-bond donors (Lipinski definition) is 1. The van der Waals surface area contributed by atoms with Gasteiger partial charge in [0.05, 0.1) is 28.5 Å². The molecule has 1 N–H and O–H groups in total. The summed E-state index contributed by atoms with van der Waals surface area (Å²) in [4.78, 5) is 36.5. The van der Waals surface area contributed by atoms with Gasteiger partial charge in [0.25, 0.3) is 0 Å².